The number of carbonyl (C=O) groups is 1. The number of hydrogen-bond donors (Lipinski definition) is 1. The molecule has 7 nitrogen and oxygen atoms in total. The first-order valence-corrected chi connectivity index (χ1v) is 6.43. The first-order valence-electron chi connectivity index (χ1n) is 6.43. The fourth-order valence-corrected chi connectivity index (χ4v) is 2.31. The molecule has 0 aliphatic carbocycles. The molecular weight excluding hydrogens is 274 g/mol. The van der Waals surface area contributed by atoms with Gasteiger partial charge in [-0.3, -0.25) is 9.20 Å². The van der Waals surface area contributed by atoms with Gasteiger partial charge in [-0.1, -0.05) is 19.1 Å². The molecule has 0 saturated heterocycles. The Balaban J connectivity index is 2.38. The van der Waals surface area contributed by atoms with E-state index in [0.29, 0.717) is 17.6 Å². The molecule has 0 radical (unpaired) electrons. The zero-order valence-electron chi connectivity index (χ0n) is 11.5. The van der Waals surface area contributed by atoms with E-state index >= 15 is 0 Å². The van der Waals surface area contributed by atoms with Crippen molar-refractivity contribution < 1.29 is 14.3 Å². The molecule has 0 spiro atoms. The van der Waals surface area contributed by atoms with Gasteiger partial charge in [0.15, 0.2) is 0 Å². The van der Waals surface area contributed by atoms with Gasteiger partial charge in [0.25, 0.3) is 5.56 Å². The van der Waals surface area contributed by atoms with E-state index in [1.807, 2.05) is 25.1 Å². The molecule has 0 atom stereocenters. The highest BCUT2D eigenvalue weighted by atomic mass is 16.7. The van der Waals surface area contributed by atoms with Crippen LogP contribution in [0.25, 0.3) is 16.7 Å². The molecule has 0 aliphatic rings. The molecule has 108 valence electrons. The van der Waals surface area contributed by atoms with Gasteiger partial charge in [-0.05, 0) is 18.6 Å². The van der Waals surface area contributed by atoms with E-state index in [2.05, 4.69) is 14.7 Å². The fraction of sp³-hybridized carbons (Fsp3) is 0.214. The van der Waals surface area contributed by atoms with E-state index in [4.69, 9.17) is 4.74 Å². The molecule has 0 saturated carbocycles. The van der Waals surface area contributed by atoms with Gasteiger partial charge in [0.2, 0.25) is 11.5 Å². The first-order chi connectivity index (χ1) is 10.2. The van der Waals surface area contributed by atoms with Crippen molar-refractivity contribution >= 4 is 22.8 Å². The minimum Gasteiger partial charge on any atom is -0.437 e. The van der Waals surface area contributed by atoms with E-state index in [1.165, 1.54) is 7.11 Å². The summed E-state index contributed by atoms with van der Waals surface area (Å²) in [6.07, 6.45) is -0.324. The number of ether oxygens (including phenoxy) is 2. The lowest BCUT2D eigenvalue weighted by Crippen LogP contribution is -2.11. The molecule has 1 N–H and O–H groups in total. The predicted octanol–water partition coefficient (Wildman–Crippen LogP) is 1.88. The van der Waals surface area contributed by atoms with Gasteiger partial charge in [0, 0.05) is 0 Å². The quantitative estimate of drug-likeness (QED) is 0.727. The van der Waals surface area contributed by atoms with Crippen LogP contribution in [0.4, 0.5) is 4.79 Å². The summed E-state index contributed by atoms with van der Waals surface area (Å²) in [4.78, 5) is 30.3. The minimum absolute atomic E-state index is 0.0891. The van der Waals surface area contributed by atoms with Crippen LogP contribution in [0.15, 0.2) is 29.1 Å². The molecule has 21 heavy (non-hydrogen) atoms. The lowest BCUT2D eigenvalue weighted by atomic mass is 10.3. The number of methoxy groups -OCH3 is 1. The molecule has 2 heterocycles. The van der Waals surface area contributed by atoms with Crippen LogP contribution in [0.3, 0.4) is 0 Å². The largest absolute Gasteiger partial charge is 0.514 e. The lowest BCUT2D eigenvalue weighted by molar-refractivity contribution is 0.119. The number of nitrogens with one attached hydrogen (secondary N) is 1. The van der Waals surface area contributed by atoms with Crippen LogP contribution in [-0.2, 0) is 11.2 Å². The normalized spacial score (nSPS) is 11.0. The van der Waals surface area contributed by atoms with Crippen molar-refractivity contribution in [3.8, 4) is 5.88 Å². The van der Waals surface area contributed by atoms with Crippen molar-refractivity contribution in [3.05, 3.63) is 40.3 Å². The van der Waals surface area contributed by atoms with E-state index in [1.54, 1.807) is 10.5 Å². The van der Waals surface area contributed by atoms with Crippen LogP contribution < -0.4 is 10.3 Å². The van der Waals surface area contributed by atoms with Gasteiger partial charge >= 0.3 is 6.16 Å². The standard InChI is InChI=1S/C14H13N3O4/c1-3-9-13(21-14(19)20-2)16-11-12(18)15-8-6-4-5-7-10(8)17(9)11/h4-7H,3H2,1-2H3,(H,15,18). The molecule has 2 aromatic heterocycles. The number of benzene rings is 1. The number of aryl methyl sites for hydroxylation is 1. The Labute approximate surface area is 119 Å². The maximum absolute atomic E-state index is 12.1. The van der Waals surface area contributed by atoms with E-state index in [9.17, 15) is 9.59 Å². The molecule has 0 fully saturated rings. The number of H-pyrrole nitrogens is 1. The lowest BCUT2D eigenvalue weighted by Gasteiger charge is -2.05. The van der Waals surface area contributed by atoms with Gasteiger partial charge in [-0.25, -0.2) is 4.79 Å². The van der Waals surface area contributed by atoms with Gasteiger partial charge < -0.3 is 14.5 Å². The number of aromatic nitrogens is 3. The monoisotopic (exact) mass is 287 g/mol. The summed E-state index contributed by atoms with van der Waals surface area (Å²) >= 11 is 0. The Bertz CT molecular complexity index is 894. The third-order valence-corrected chi connectivity index (χ3v) is 3.21. The number of para-hydroxylation sites is 2. The smallest absolute Gasteiger partial charge is 0.437 e. The minimum atomic E-state index is -0.867. The Morgan fingerprint density at radius 1 is 1.38 bits per heavy atom. The van der Waals surface area contributed by atoms with Crippen LogP contribution in [0.2, 0.25) is 0 Å². The van der Waals surface area contributed by atoms with Crippen LogP contribution in [0, 0.1) is 0 Å². The summed E-state index contributed by atoms with van der Waals surface area (Å²) in [5, 5.41) is 0. The second-order valence-corrected chi connectivity index (χ2v) is 4.40. The fourth-order valence-electron chi connectivity index (χ4n) is 2.31. The summed E-state index contributed by atoms with van der Waals surface area (Å²) in [7, 11) is 1.21. The van der Waals surface area contributed by atoms with Crippen LogP contribution in [0.5, 0.6) is 5.88 Å². The number of nitrogens with zero attached hydrogens (tertiary/aromatic N) is 2. The van der Waals surface area contributed by atoms with Crippen molar-refractivity contribution in [2.75, 3.05) is 7.11 Å². The highest BCUT2D eigenvalue weighted by Gasteiger charge is 2.19. The maximum atomic E-state index is 12.1. The summed E-state index contributed by atoms with van der Waals surface area (Å²) in [6.45, 7) is 1.89. The zero-order chi connectivity index (χ0) is 15.0. The summed E-state index contributed by atoms with van der Waals surface area (Å²) in [5.41, 5.74) is 1.95. The van der Waals surface area contributed by atoms with Crippen molar-refractivity contribution in [1.82, 2.24) is 14.4 Å². The molecular formula is C14H13N3O4. The first kappa shape index (κ1) is 13.2. The maximum Gasteiger partial charge on any atom is 0.514 e. The SMILES string of the molecule is CCc1c(OC(=O)OC)nc2c(=O)[nH]c3ccccc3n12. The number of fused-ring (bicyclic) bond motifs is 3. The Morgan fingerprint density at radius 3 is 2.86 bits per heavy atom. The molecule has 0 bridgehead atoms. The van der Waals surface area contributed by atoms with Crippen LogP contribution in [0.1, 0.15) is 12.6 Å². The summed E-state index contributed by atoms with van der Waals surface area (Å²) in [6, 6.07) is 7.36. The Hall–Kier alpha value is -2.83. The molecule has 1 aromatic carbocycles. The molecule has 0 unspecified atom stereocenters. The van der Waals surface area contributed by atoms with Gasteiger partial charge in [0.1, 0.15) is 0 Å². The van der Waals surface area contributed by atoms with Gasteiger partial charge in [-0.2, -0.15) is 4.98 Å². The highest BCUT2D eigenvalue weighted by Crippen LogP contribution is 2.23. The molecule has 3 aromatic rings. The van der Waals surface area contributed by atoms with Crippen molar-refractivity contribution in [3.63, 3.8) is 0 Å². The zero-order valence-corrected chi connectivity index (χ0v) is 11.5. The number of carbonyl (C=O) groups excluding carboxylic acids is 1. The molecule has 3 rings (SSSR count). The van der Waals surface area contributed by atoms with Crippen molar-refractivity contribution in [1.29, 1.82) is 0 Å². The highest BCUT2D eigenvalue weighted by molar-refractivity contribution is 5.78. The van der Waals surface area contributed by atoms with Gasteiger partial charge in [-0.15, -0.1) is 0 Å². The average Bonchev–Trinajstić information content (AvgIpc) is 2.86. The number of hydrogen-bond acceptors (Lipinski definition) is 5. The second-order valence-electron chi connectivity index (χ2n) is 4.40. The molecule has 0 aliphatic heterocycles. The Kier molecular flexibility index (Phi) is 3.09. The number of rotatable bonds is 2. The number of imidazole rings is 1. The third kappa shape index (κ3) is 2.03. The summed E-state index contributed by atoms with van der Waals surface area (Å²) < 4.78 is 11.2. The van der Waals surface area contributed by atoms with E-state index < -0.39 is 6.16 Å². The number of aromatic amines is 1. The molecule has 0 amide bonds. The Morgan fingerprint density at radius 2 is 2.14 bits per heavy atom. The average molecular weight is 287 g/mol. The topological polar surface area (TPSA) is 85.7 Å². The van der Waals surface area contributed by atoms with Gasteiger partial charge in [0.05, 0.1) is 23.8 Å². The van der Waals surface area contributed by atoms with E-state index in [0.717, 1.165) is 5.52 Å². The van der Waals surface area contributed by atoms with Crippen LogP contribution in [-0.4, -0.2) is 27.6 Å². The predicted molar refractivity (Wildman–Crippen MR) is 75.7 cm³/mol. The summed E-state index contributed by atoms with van der Waals surface area (Å²) in [5.74, 6) is 0.0891. The van der Waals surface area contributed by atoms with Crippen LogP contribution >= 0.6 is 0 Å². The van der Waals surface area contributed by atoms with Crippen molar-refractivity contribution in [2.45, 2.75) is 13.3 Å². The van der Waals surface area contributed by atoms with Crippen molar-refractivity contribution in [2.24, 2.45) is 0 Å². The molecule has 7 heteroatoms. The second kappa shape index (κ2) is 4.93. The van der Waals surface area contributed by atoms with E-state index in [-0.39, 0.29) is 17.1 Å². The third-order valence-electron chi connectivity index (χ3n) is 3.21.